The van der Waals surface area contributed by atoms with Crippen LogP contribution in [0.3, 0.4) is 0 Å². The number of ether oxygens (including phenoxy) is 1. The second-order valence-corrected chi connectivity index (χ2v) is 3.79. The van der Waals surface area contributed by atoms with Crippen molar-refractivity contribution in [3.63, 3.8) is 0 Å². The topological polar surface area (TPSA) is 29.5 Å². The number of hydrogen-bond acceptors (Lipinski definition) is 2. The van der Waals surface area contributed by atoms with Gasteiger partial charge in [-0.15, -0.1) is 0 Å². The van der Waals surface area contributed by atoms with E-state index in [9.17, 15) is 0 Å². The summed E-state index contributed by atoms with van der Waals surface area (Å²) in [7, 11) is 0. The summed E-state index contributed by atoms with van der Waals surface area (Å²) in [6.07, 6.45) is 0. The molecule has 72 valence electrons. The van der Waals surface area contributed by atoms with E-state index in [-0.39, 0.29) is 6.61 Å². The summed E-state index contributed by atoms with van der Waals surface area (Å²) in [6, 6.07) is 7.79. The van der Waals surface area contributed by atoms with Crippen molar-refractivity contribution in [3.8, 4) is 5.75 Å². The Morgan fingerprint density at radius 2 is 1.92 bits per heavy atom. The van der Waals surface area contributed by atoms with Gasteiger partial charge in [0.1, 0.15) is 11.4 Å². The van der Waals surface area contributed by atoms with Gasteiger partial charge in [-0.05, 0) is 32.4 Å². The highest BCUT2D eigenvalue weighted by Crippen LogP contribution is 2.21. The SMILES string of the molecule is Cc1ccccc1OC(C)(C)CO. The zero-order valence-corrected chi connectivity index (χ0v) is 8.37. The quantitative estimate of drug-likeness (QED) is 0.772. The summed E-state index contributed by atoms with van der Waals surface area (Å²) in [4.78, 5) is 0. The molecule has 1 aromatic carbocycles. The van der Waals surface area contributed by atoms with Gasteiger partial charge in [0.2, 0.25) is 0 Å². The van der Waals surface area contributed by atoms with Crippen molar-refractivity contribution in [1.29, 1.82) is 0 Å². The molecule has 1 rings (SSSR count). The second-order valence-electron chi connectivity index (χ2n) is 3.79. The number of para-hydroxylation sites is 1. The standard InChI is InChI=1S/C11H16O2/c1-9-6-4-5-7-10(9)13-11(2,3)8-12/h4-7,12H,8H2,1-3H3. The molecule has 0 aliphatic rings. The molecule has 13 heavy (non-hydrogen) atoms. The molecule has 0 unspecified atom stereocenters. The molecule has 0 bridgehead atoms. The molecule has 1 aromatic rings. The van der Waals surface area contributed by atoms with Crippen LogP contribution in [0.15, 0.2) is 24.3 Å². The van der Waals surface area contributed by atoms with Gasteiger partial charge >= 0.3 is 0 Å². The molecule has 2 nitrogen and oxygen atoms in total. The zero-order valence-electron chi connectivity index (χ0n) is 8.37. The summed E-state index contributed by atoms with van der Waals surface area (Å²) in [5.41, 5.74) is 0.579. The van der Waals surface area contributed by atoms with E-state index in [1.54, 1.807) is 0 Å². The molecule has 0 radical (unpaired) electrons. The van der Waals surface area contributed by atoms with Crippen LogP contribution in [0.2, 0.25) is 0 Å². The summed E-state index contributed by atoms with van der Waals surface area (Å²) < 4.78 is 5.63. The fourth-order valence-corrected chi connectivity index (χ4v) is 1.00. The fraction of sp³-hybridized carbons (Fsp3) is 0.455. The third-order valence-electron chi connectivity index (χ3n) is 1.86. The lowest BCUT2D eigenvalue weighted by Gasteiger charge is -2.24. The molecule has 0 saturated heterocycles. The zero-order chi connectivity index (χ0) is 9.90. The number of benzene rings is 1. The Morgan fingerprint density at radius 1 is 1.31 bits per heavy atom. The maximum absolute atomic E-state index is 9.02. The molecule has 0 aliphatic heterocycles. The second kappa shape index (κ2) is 3.79. The van der Waals surface area contributed by atoms with E-state index >= 15 is 0 Å². The van der Waals surface area contributed by atoms with Gasteiger partial charge in [-0.2, -0.15) is 0 Å². The van der Waals surface area contributed by atoms with E-state index in [0.717, 1.165) is 11.3 Å². The van der Waals surface area contributed by atoms with E-state index in [1.165, 1.54) is 0 Å². The Hall–Kier alpha value is -1.02. The number of aliphatic hydroxyl groups excluding tert-OH is 1. The lowest BCUT2D eigenvalue weighted by molar-refractivity contribution is 0.0407. The predicted octanol–water partition coefficient (Wildman–Crippen LogP) is 2.14. The average molecular weight is 180 g/mol. The molecular weight excluding hydrogens is 164 g/mol. The van der Waals surface area contributed by atoms with Gasteiger partial charge in [0.05, 0.1) is 6.61 Å². The summed E-state index contributed by atoms with van der Waals surface area (Å²) >= 11 is 0. The van der Waals surface area contributed by atoms with Crippen LogP contribution in [0.5, 0.6) is 5.75 Å². The number of hydrogen-bond donors (Lipinski definition) is 1. The third kappa shape index (κ3) is 2.74. The highest BCUT2D eigenvalue weighted by molar-refractivity contribution is 5.32. The molecule has 0 aliphatic carbocycles. The van der Waals surface area contributed by atoms with Crippen LogP contribution in [-0.4, -0.2) is 17.3 Å². The van der Waals surface area contributed by atoms with Gasteiger partial charge in [0, 0.05) is 0 Å². The first-order valence-electron chi connectivity index (χ1n) is 4.41. The molecule has 0 atom stereocenters. The summed E-state index contributed by atoms with van der Waals surface area (Å²) in [5.74, 6) is 0.835. The van der Waals surface area contributed by atoms with Gasteiger partial charge in [-0.1, -0.05) is 18.2 Å². The van der Waals surface area contributed by atoms with E-state index in [1.807, 2.05) is 45.0 Å². The normalized spacial score (nSPS) is 11.4. The molecule has 1 N–H and O–H groups in total. The van der Waals surface area contributed by atoms with Crippen LogP contribution < -0.4 is 4.74 Å². The highest BCUT2D eigenvalue weighted by atomic mass is 16.5. The van der Waals surface area contributed by atoms with Gasteiger partial charge < -0.3 is 9.84 Å². The van der Waals surface area contributed by atoms with Gasteiger partial charge in [0.25, 0.3) is 0 Å². The van der Waals surface area contributed by atoms with E-state index in [4.69, 9.17) is 9.84 Å². The van der Waals surface area contributed by atoms with Gasteiger partial charge in [-0.3, -0.25) is 0 Å². The smallest absolute Gasteiger partial charge is 0.126 e. The fourth-order valence-electron chi connectivity index (χ4n) is 1.00. The summed E-state index contributed by atoms with van der Waals surface area (Å²) in [6.45, 7) is 5.73. The van der Waals surface area contributed by atoms with E-state index in [2.05, 4.69) is 0 Å². The first kappa shape index (κ1) is 10.1. The van der Waals surface area contributed by atoms with Crippen LogP contribution >= 0.6 is 0 Å². The van der Waals surface area contributed by atoms with Gasteiger partial charge in [0.15, 0.2) is 0 Å². The van der Waals surface area contributed by atoms with Crippen LogP contribution in [0.25, 0.3) is 0 Å². The molecule has 2 heteroatoms. The van der Waals surface area contributed by atoms with Crippen LogP contribution in [-0.2, 0) is 0 Å². The maximum atomic E-state index is 9.02. The number of aryl methyl sites for hydroxylation is 1. The van der Waals surface area contributed by atoms with Crippen molar-refractivity contribution in [2.24, 2.45) is 0 Å². The molecule has 0 saturated carbocycles. The predicted molar refractivity (Wildman–Crippen MR) is 53.0 cm³/mol. The highest BCUT2D eigenvalue weighted by Gasteiger charge is 2.18. The Labute approximate surface area is 79.2 Å². The maximum Gasteiger partial charge on any atom is 0.126 e. The van der Waals surface area contributed by atoms with Crippen molar-refractivity contribution in [2.45, 2.75) is 26.4 Å². The summed E-state index contributed by atoms with van der Waals surface area (Å²) in [5, 5.41) is 9.02. The molecular formula is C11H16O2. The Bertz CT molecular complexity index is 279. The van der Waals surface area contributed by atoms with Crippen LogP contribution in [0.1, 0.15) is 19.4 Å². The van der Waals surface area contributed by atoms with Crippen LogP contribution in [0, 0.1) is 6.92 Å². The Balaban J connectivity index is 2.80. The lowest BCUT2D eigenvalue weighted by Crippen LogP contribution is -2.32. The monoisotopic (exact) mass is 180 g/mol. The van der Waals surface area contributed by atoms with Crippen molar-refractivity contribution in [3.05, 3.63) is 29.8 Å². The van der Waals surface area contributed by atoms with Crippen molar-refractivity contribution in [1.82, 2.24) is 0 Å². The minimum atomic E-state index is -0.508. The van der Waals surface area contributed by atoms with Crippen molar-refractivity contribution in [2.75, 3.05) is 6.61 Å². The lowest BCUT2D eigenvalue weighted by atomic mass is 10.1. The van der Waals surface area contributed by atoms with Crippen molar-refractivity contribution >= 4 is 0 Å². The third-order valence-corrected chi connectivity index (χ3v) is 1.86. The van der Waals surface area contributed by atoms with E-state index < -0.39 is 5.60 Å². The Kier molecular flexibility index (Phi) is 2.94. The minimum Gasteiger partial charge on any atom is -0.485 e. The first-order chi connectivity index (χ1) is 6.05. The van der Waals surface area contributed by atoms with Crippen molar-refractivity contribution < 1.29 is 9.84 Å². The molecule has 0 amide bonds. The molecule has 0 spiro atoms. The number of aliphatic hydroxyl groups is 1. The van der Waals surface area contributed by atoms with Crippen LogP contribution in [0.4, 0.5) is 0 Å². The molecule has 0 heterocycles. The minimum absolute atomic E-state index is 0.0152. The molecule has 0 aromatic heterocycles. The average Bonchev–Trinajstić information content (AvgIpc) is 2.09. The van der Waals surface area contributed by atoms with E-state index in [0.29, 0.717) is 0 Å². The number of rotatable bonds is 3. The molecule has 0 fully saturated rings. The first-order valence-corrected chi connectivity index (χ1v) is 4.41. The largest absolute Gasteiger partial charge is 0.485 e. The van der Waals surface area contributed by atoms with Gasteiger partial charge in [-0.25, -0.2) is 0 Å². The Morgan fingerprint density at radius 3 is 2.46 bits per heavy atom.